The third-order valence-corrected chi connectivity index (χ3v) is 4.83. The molecule has 0 radical (unpaired) electrons. The maximum absolute atomic E-state index is 12.3. The summed E-state index contributed by atoms with van der Waals surface area (Å²) in [6, 6.07) is 8.49. The van der Waals surface area contributed by atoms with Gasteiger partial charge in [0.1, 0.15) is 5.75 Å². The highest BCUT2D eigenvalue weighted by molar-refractivity contribution is 7.89. The van der Waals surface area contributed by atoms with Gasteiger partial charge in [-0.05, 0) is 44.2 Å². The quantitative estimate of drug-likeness (QED) is 0.353. The number of hydrazone groups is 1. The number of ether oxygens (including phenoxy) is 3. The Labute approximate surface area is 168 Å². The minimum Gasteiger partial charge on any atom is -0.494 e. The van der Waals surface area contributed by atoms with Gasteiger partial charge in [-0.1, -0.05) is 0 Å². The van der Waals surface area contributed by atoms with E-state index in [0.29, 0.717) is 12.4 Å². The van der Waals surface area contributed by atoms with E-state index in [-0.39, 0.29) is 34.3 Å². The Kier molecular flexibility index (Phi) is 7.37. The summed E-state index contributed by atoms with van der Waals surface area (Å²) in [4.78, 5) is 12.7. The van der Waals surface area contributed by atoms with Gasteiger partial charge in [-0.3, -0.25) is 10.1 Å². The number of sulfonamides is 1. The molecule has 0 aliphatic heterocycles. The van der Waals surface area contributed by atoms with Crippen LogP contribution in [0.3, 0.4) is 0 Å². The van der Waals surface area contributed by atoms with Gasteiger partial charge in [-0.25, -0.2) is 4.83 Å². The zero-order valence-electron chi connectivity index (χ0n) is 16.1. The normalized spacial score (nSPS) is 11.3. The van der Waals surface area contributed by atoms with Crippen LogP contribution < -0.4 is 19.0 Å². The second-order valence-corrected chi connectivity index (χ2v) is 7.18. The zero-order valence-corrected chi connectivity index (χ0v) is 16.9. The van der Waals surface area contributed by atoms with E-state index in [0.717, 1.165) is 6.21 Å². The highest BCUT2D eigenvalue weighted by Crippen LogP contribution is 2.37. The second-order valence-electron chi connectivity index (χ2n) is 5.52. The number of nitrogens with zero attached hydrogens (tertiary/aromatic N) is 2. The Morgan fingerprint density at radius 2 is 1.79 bits per heavy atom. The van der Waals surface area contributed by atoms with Crippen LogP contribution in [0.25, 0.3) is 0 Å². The predicted octanol–water partition coefficient (Wildman–Crippen LogP) is 2.71. The van der Waals surface area contributed by atoms with E-state index >= 15 is 0 Å². The number of nitrogens with one attached hydrogen (secondary N) is 1. The van der Waals surface area contributed by atoms with Crippen molar-refractivity contribution in [2.75, 3.05) is 20.3 Å². The minimum absolute atomic E-state index is 0.00572. The molecule has 0 unspecified atom stereocenters. The zero-order chi connectivity index (χ0) is 21.4. The molecule has 0 atom stereocenters. The van der Waals surface area contributed by atoms with Gasteiger partial charge < -0.3 is 14.2 Å². The van der Waals surface area contributed by atoms with E-state index in [1.165, 1.54) is 43.5 Å². The maximum Gasteiger partial charge on any atom is 0.315 e. The molecule has 29 heavy (non-hydrogen) atoms. The number of hydrogen-bond donors (Lipinski definition) is 1. The molecule has 0 aliphatic rings. The Bertz CT molecular complexity index is 989. The van der Waals surface area contributed by atoms with Gasteiger partial charge in [0.2, 0.25) is 5.75 Å². The molecule has 0 aromatic heterocycles. The molecule has 2 rings (SSSR count). The molecule has 2 aromatic carbocycles. The first-order valence-corrected chi connectivity index (χ1v) is 10.1. The molecule has 0 fully saturated rings. The largest absolute Gasteiger partial charge is 0.494 e. The smallest absolute Gasteiger partial charge is 0.315 e. The SMILES string of the molecule is CCOc1ccc(S(=O)(=O)N/N=C/c2cc(OCC)c(OC)c([N+](=O)[O-])c2)cc1. The highest BCUT2D eigenvalue weighted by Gasteiger charge is 2.21. The van der Waals surface area contributed by atoms with Crippen molar-refractivity contribution in [3.05, 3.63) is 52.1 Å². The fourth-order valence-electron chi connectivity index (χ4n) is 2.39. The molecule has 0 bridgehead atoms. The molecule has 0 saturated heterocycles. The van der Waals surface area contributed by atoms with Crippen molar-refractivity contribution in [3.8, 4) is 17.2 Å². The van der Waals surface area contributed by atoms with E-state index in [9.17, 15) is 18.5 Å². The molecular formula is C18H21N3O7S. The number of methoxy groups -OCH3 is 1. The summed E-state index contributed by atoms with van der Waals surface area (Å²) in [6.07, 6.45) is 1.14. The number of rotatable bonds is 10. The van der Waals surface area contributed by atoms with Crippen LogP contribution in [-0.2, 0) is 10.0 Å². The Hall–Kier alpha value is -3.34. The van der Waals surface area contributed by atoms with Crippen molar-refractivity contribution in [2.45, 2.75) is 18.7 Å². The predicted molar refractivity (Wildman–Crippen MR) is 106 cm³/mol. The summed E-state index contributed by atoms with van der Waals surface area (Å²) >= 11 is 0. The first kappa shape index (κ1) is 22.0. The van der Waals surface area contributed by atoms with Gasteiger partial charge in [0, 0.05) is 11.6 Å². The summed E-state index contributed by atoms with van der Waals surface area (Å²) in [5.41, 5.74) is -0.0652. The molecule has 1 N–H and O–H groups in total. The molecule has 0 amide bonds. The second kappa shape index (κ2) is 9.73. The van der Waals surface area contributed by atoms with Gasteiger partial charge in [0.25, 0.3) is 10.0 Å². The van der Waals surface area contributed by atoms with Crippen LogP contribution in [0, 0.1) is 10.1 Å². The fraction of sp³-hybridized carbons (Fsp3) is 0.278. The standard InChI is InChI=1S/C18H21N3O7S/c1-4-27-14-6-8-15(9-7-14)29(24,25)20-19-12-13-10-16(21(22)23)18(26-3)17(11-13)28-5-2/h6-12,20H,4-5H2,1-3H3/b19-12+. The number of nitro benzene ring substituents is 1. The van der Waals surface area contributed by atoms with Crippen molar-refractivity contribution in [1.82, 2.24) is 4.83 Å². The molecule has 156 valence electrons. The first-order chi connectivity index (χ1) is 13.8. The lowest BCUT2D eigenvalue weighted by molar-refractivity contribution is -0.385. The fourth-order valence-corrected chi connectivity index (χ4v) is 3.18. The van der Waals surface area contributed by atoms with Crippen molar-refractivity contribution in [1.29, 1.82) is 0 Å². The van der Waals surface area contributed by atoms with Gasteiger partial charge in [-0.15, -0.1) is 0 Å². The third kappa shape index (κ3) is 5.57. The Balaban J connectivity index is 2.25. The maximum atomic E-state index is 12.3. The molecule has 11 heteroatoms. The lowest BCUT2D eigenvalue weighted by Gasteiger charge is -2.10. The number of nitro groups is 1. The van der Waals surface area contributed by atoms with E-state index in [1.807, 2.05) is 6.92 Å². The van der Waals surface area contributed by atoms with Crippen LogP contribution in [-0.4, -0.2) is 39.9 Å². The van der Waals surface area contributed by atoms with Gasteiger partial charge >= 0.3 is 5.69 Å². The van der Waals surface area contributed by atoms with E-state index in [2.05, 4.69) is 9.93 Å². The number of benzene rings is 2. The Morgan fingerprint density at radius 1 is 1.14 bits per heavy atom. The van der Waals surface area contributed by atoms with Crippen molar-refractivity contribution in [3.63, 3.8) is 0 Å². The van der Waals surface area contributed by atoms with Crippen LogP contribution in [0.2, 0.25) is 0 Å². The van der Waals surface area contributed by atoms with E-state index < -0.39 is 14.9 Å². The van der Waals surface area contributed by atoms with Crippen LogP contribution >= 0.6 is 0 Å². The van der Waals surface area contributed by atoms with E-state index in [4.69, 9.17) is 14.2 Å². The average Bonchev–Trinajstić information content (AvgIpc) is 2.68. The van der Waals surface area contributed by atoms with Crippen molar-refractivity contribution >= 4 is 21.9 Å². The van der Waals surface area contributed by atoms with Crippen molar-refractivity contribution < 1.29 is 27.6 Å². The number of hydrogen-bond acceptors (Lipinski definition) is 8. The third-order valence-electron chi connectivity index (χ3n) is 3.59. The van der Waals surface area contributed by atoms with Crippen molar-refractivity contribution in [2.24, 2.45) is 5.10 Å². The topological polar surface area (TPSA) is 129 Å². The van der Waals surface area contributed by atoms with E-state index in [1.54, 1.807) is 6.92 Å². The molecule has 2 aromatic rings. The highest BCUT2D eigenvalue weighted by atomic mass is 32.2. The van der Waals surface area contributed by atoms with Crippen LogP contribution in [0.4, 0.5) is 5.69 Å². The summed E-state index contributed by atoms with van der Waals surface area (Å²) in [5, 5.41) is 15.0. The average molecular weight is 423 g/mol. The van der Waals surface area contributed by atoms with Crippen LogP contribution in [0.15, 0.2) is 46.4 Å². The molecule has 0 spiro atoms. The molecular weight excluding hydrogens is 402 g/mol. The monoisotopic (exact) mass is 423 g/mol. The van der Waals surface area contributed by atoms with Gasteiger partial charge in [0.15, 0.2) is 5.75 Å². The molecule has 10 nitrogen and oxygen atoms in total. The van der Waals surface area contributed by atoms with Crippen LogP contribution in [0.5, 0.6) is 17.2 Å². The first-order valence-electron chi connectivity index (χ1n) is 8.59. The molecule has 0 aliphatic carbocycles. The minimum atomic E-state index is -3.92. The summed E-state index contributed by atoms with van der Waals surface area (Å²) in [6.45, 7) is 4.27. The van der Waals surface area contributed by atoms with Gasteiger partial charge in [-0.2, -0.15) is 13.5 Å². The van der Waals surface area contributed by atoms with Crippen LogP contribution in [0.1, 0.15) is 19.4 Å². The summed E-state index contributed by atoms with van der Waals surface area (Å²) in [5.74, 6) is 0.674. The Morgan fingerprint density at radius 3 is 2.34 bits per heavy atom. The molecule has 0 saturated carbocycles. The summed E-state index contributed by atoms with van der Waals surface area (Å²) in [7, 11) is -2.62. The van der Waals surface area contributed by atoms with Gasteiger partial charge in [0.05, 0.1) is 36.4 Å². The molecule has 0 heterocycles. The lowest BCUT2D eigenvalue weighted by atomic mass is 10.2. The summed E-state index contributed by atoms with van der Waals surface area (Å²) < 4.78 is 40.3. The lowest BCUT2D eigenvalue weighted by Crippen LogP contribution is -2.18.